The average Bonchev–Trinajstić information content (AvgIpc) is 2.52. The average molecular weight is 277 g/mol. The molecular weight excluding hydrogens is 250 g/mol. The SMILES string of the molecule is CC(CO)S(=O)(=O)N1CCCC(C(C)(C)C)CC1. The molecule has 108 valence electrons. The van der Waals surface area contributed by atoms with Crippen molar-refractivity contribution in [3.8, 4) is 0 Å². The molecule has 1 aliphatic rings. The maximum absolute atomic E-state index is 12.2. The fraction of sp³-hybridized carbons (Fsp3) is 1.00. The first-order valence-electron chi connectivity index (χ1n) is 6.79. The molecule has 1 heterocycles. The molecule has 0 radical (unpaired) electrons. The Morgan fingerprint density at radius 2 is 1.89 bits per heavy atom. The summed E-state index contributed by atoms with van der Waals surface area (Å²) in [7, 11) is -3.32. The van der Waals surface area contributed by atoms with Gasteiger partial charge in [-0.15, -0.1) is 0 Å². The minimum Gasteiger partial charge on any atom is -0.395 e. The number of aliphatic hydroxyl groups is 1. The molecule has 1 rings (SSSR count). The minimum atomic E-state index is -3.32. The van der Waals surface area contributed by atoms with Crippen molar-refractivity contribution in [1.82, 2.24) is 4.31 Å². The Labute approximate surface area is 111 Å². The highest BCUT2D eigenvalue weighted by Crippen LogP contribution is 2.34. The predicted octanol–water partition coefficient (Wildman–Crippen LogP) is 1.85. The van der Waals surface area contributed by atoms with E-state index in [2.05, 4.69) is 20.8 Å². The standard InChI is InChI=1S/C13H27NO3S/c1-11(10-15)18(16,17)14-8-5-6-12(7-9-14)13(2,3)4/h11-12,15H,5-10H2,1-4H3. The van der Waals surface area contributed by atoms with Gasteiger partial charge in [-0.05, 0) is 37.5 Å². The van der Waals surface area contributed by atoms with Crippen LogP contribution in [0.5, 0.6) is 0 Å². The smallest absolute Gasteiger partial charge is 0.218 e. The van der Waals surface area contributed by atoms with Gasteiger partial charge in [-0.1, -0.05) is 20.8 Å². The largest absolute Gasteiger partial charge is 0.395 e. The quantitative estimate of drug-likeness (QED) is 0.856. The molecule has 0 aromatic carbocycles. The molecule has 0 aliphatic carbocycles. The maximum Gasteiger partial charge on any atom is 0.218 e. The molecule has 2 unspecified atom stereocenters. The number of sulfonamides is 1. The topological polar surface area (TPSA) is 57.6 Å². The van der Waals surface area contributed by atoms with Crippen molar-refractivity contribution in [3.05, 3.63) is 0 Å². The first-order valence-corrected chi connectivity index (χ1v) is 8.29. The Kier molecular flexibility index (Phi) is 5.21. The number of rotatable bonds is 3. The Morgan fingerprint density at radius 3 is 2.39 bits per heavy atom. The van der Waals surface area contributed by atoms with E-state index in [-0.39, 0.29) is 12.0 Å². The van der Waals surface area contributed by atoms with Crippen molar-refractivity contribution in [3.63, 3.8) is 0 Å². The Bertz CT molecular complexity index is 359. The first-order chi connectivity index (χ1) is 8.19. The van der Waals surface area contributed by atoms with Gasteiger partial charge in [-0.3, -0.25) is 0 Å². The fourth-order valence-corrected chi connectivity index (χ4v) is 3.98. The molecule has 1 fully saturated rings. The van der Waals surface area contributed by atoms with Crippen molar-refractivity contribution in [2.75, 3.05) is 19.7 Å². The van der Waals surface area contributed by atoms with E-state index < -0.39 is 15.3 Å². The third-order valence-electron chi connectivity index (χ3n) is 4.04. The molecule has 5 heteroatoms. The second-order valence-corrected chi connectivity index (χ2v) is 8.78. The van der Waals surface area contributed by atoms with Gasteiger partial charge in [0, 0.05) is 13.1 Å². The molecule has 1 aliphatic heterocycles. The lowest BCUT2D eigenvalue weighted by Gasteiger charge is -2.30. The zero-order valence-electron chi connectivity index (χ0n) is 12.0. The van der Waals surface area contributed by atoms with E-state index in [1.165, 1.54) is 0 Å². The summed E-state index contributed by atoms with van der Waals surface area (Å²) in [6, 6.07) is 0. The lowest BCUT2D eigenvalue weighted by molar-refractivity contribution is 0.216. The Morgan fingerprint density at radius 1 is 1.28 bits per heavy atom. The summed E-state index contributed by atoms with van der Waals surface area (Å²) in [6.07, 6.45) is 2.92. The van der Waals surface area contributed by atoms with Gasteiger partial charge in [0.1, 0.15) is 0 Å². The van der Waals surface area contributed by atoms with Gasteiger partial charge in [0.2, 0.25) is 10.0 Å². The van der Waals surface area contributed by atoms with Crippen LogP contribution < -0.4 is 0 Å². The van der Waals surface area contributed by atoms with Gasteiger partial charge in [0.15, 0.2) is 0 Å². The summed E-state index contributed by atoms with van der Waals surface area (Å²) >= 11 is 0. The number of hydrogen-bond donors (Lipinski definition) is 1. The van der Waals surface area contributed by atoms with Gasteiger partial charge < -0.3 is 5.11 Å². The van der Waals surface area contributed by atoms with Crippen molar-refractivity contribution in [2.24, 2.45) is 11.3 Å². The van der Waals surface area contributed by atoms with Crippen LogP contribution in [0, 0.1) is 11.3 Å². The van der Waals surface area contributed by atoms with E-state index in [0.29, 0.717) is 19.0 Å². The van der Waals surface area contributed by atoms with Crippen LogP contribution >= 0.6 is 0 Å². The molecule has 0 aromatic rings. The van der Waals surface area contributed by atoms with Crippen LogP contribution in [-0.4, -0.2) is 42.8 Å². The second-order valence-electron chi connectivity index (χ2n) is 6.43. The van der Waals surface area contributed by atoms with Gasteiger partial charge in [-0.25, -0.2) is 12.7 Å². The Hall–Kier alpha value is -0.130. The van der Waals surface area contributed by atoms with Crippen molar-refractivity contribution < 1.29 is 13.5 Å². The predicted molar refractivity (Wildman–Crippen MR) is 73.8 cm³/mol. The highest BCUT2D eigenvalue weighted by molar-refractivity contribution is 7.89. The zero-order valence-corrected chi connectivity index (χ0v) is 12.8. The van der Waals surface area contributed by atoms with Crippen LogP contribution in [0.4, 0.5) is 0 Å². The molecule has 2 atom stereocenters. The van der Waals surface area contributed by atoms with Gasteiger partial charge in [-0.2, -0.15) is 0 Å². The molecule has 0 amide bonds. The molecule has 1 saturated heterocycles. The van der Waals surface area contributed by atoms with E-state index in [9.17, 15) is 8.42 Å². The Balaban J connectivity index is 2.74. The molecular formula is C13H27NO3S. The van der Waals surface area contributed by atoms with E-state index >= 15 is 0 Å². The number of hydrogen-bond acceptors (Lipinski definition) is 3. The maximum atomic E-state index is 12.2. The van der Waals surface area contributed by atoms with Crippen LogP contribution in [-0.2, 0) is 10.0 Å². The fourth-order valence-electron chi connectivity index (χ4n) is 2.54. The molecule has 1 N–H and O–H groups in total. The molecule has 18 heavy (non-hydrogen) atoms. The highest BCUT2D eigenvalue weighted by Gasteiger charge is 2.33. The van der Waals surface area contributed by atoms with Crippen LogP contribution in [0.25, 0.3) is 0 Å². The first kappa shape index (κ1) is 15.9. The summed E-state index contributed by atoms with van der Waals surface area (Å²) in [6.45, 7) is 9.12. The van der Waals surface area contributed by atoms with E-state index in [1.807, 2.05) is 0 Å². The van der Waals surface area contributed by atoms with Crippen LogP contribution in [0.15, 0.2) is 0 Å². The third kappa shape index (κ3) is 3.68. The van der Waals surface area contributed by atoms with Crippen molar-refractivity contribution in [2.45, 2.75) is 52.2 Å². The molecule has 0 aromatic heterocycles. The minimum absolute atomic E-state index is 0.238. The normalized spacial score (nSPS) is 25.7. The van der Waals surface area contributed by atoms with Crippen LogP contribution in [0.3, 0.4) is 0 Å². The van der Waals surface area contributed by atoms with Gasteiger partial charge in [0.25, 0.3) is 0 Å². The highest BCUT2D eigenvalue weighted by atomic mass is 32.2. The summed E-state index contributed by atoms with van der Waals surface area (Å²) in [5, 5.41) is 8.36. The van der Waals surface area contributed by atoms with Crippen molar-refractivity contribution >= 4 is 10.0 Å². The molecule has 0 spiro atoms. The van der Waals surface area contributed by atoms with E-state index in [0.717, 1.165) is 19.3 Å². The van der Waals surface area contributed by atoms with Gasteiger partial charge in [0.05, 0.1) is 11.9 Å². The summed E-state index contributed by atoms with van der Waals surface area (Å²) in [5.41, 5.74) is 0.238. The van der Waals surface area contributed by atoms with Crippen molar-refractivity contribution in [1.29, 1.82) is 0 Å². The van der Waals surface area contributed by atoms with Crippen LogP contribution in [0.1, 0.15) is 47.0 Å². The molecule has 0 bridgehead atoms. The monoisotopic (exact) mass is 277 g/mol. The number of nitrogens with zero attached hydrogens (tertiary/aromatic N) is 1. The second kappa shape index (κ2) is 5.88. The molecule has 0 saturated carbocycles. The third-order valence-corrected chi connectivity index (χ3v) is 6.29. The van der Waals surface area contributed by atoms with E-state index in [1.54, 1.807) is 11.2 Å². The summed E-state index contributed by atoms with van der Waals surface area (Å²) < 4.78 is 26.0. The number of aliphatic hydroxyl groups excluding tert-OH is 1. The zero-order chi connectivity index (χ0) is 14.0. The van der Waals surface area contributed by atoms with Gasteiger partial charge >= 0.3 is 0 Å². The van der Waals surface area contributed by atoms with E-state index in [4.69, 9.17) is 5.11 Å². The van der Waals surface area contributed by atoms with Crippen LogP contribution in [0.2, 0.25) is 0 Å². The molecule has 4 nitrogen and oxygen atoms in total. The summed E-state index contributed by atoms with van der Waals surface area (Å²) in [4.78, 5) is 0. The summed E-state index contributed by atoms with van der Waals surface area (Å²) in [5.74, 6) is 0.571. The lowest BCUT2D eigenvalue weighted by Crippen LogP contribution is -2.39. The lowest BCUT2D eigenvalue weighted by atomic mass is 9.77.